The molecule has 0 fully saturated rings. The van der Waals surface area contributed by atoms with Crippen molar-refractivity contribution in [2.45, 2.75) is 33.1 Å². The highest BCUT2D eigenvalue weighted by Crippen LogP contribution is 2.33. The summed E-state index contributed by atoms with van der Waals surface area (Å²) in [5, 5.41) is 4.38. The van der Waals surface area contributed by atoms with E-state index in [0.29, 0.717) is 22.2 Å². The minimum absolute atomic E-state index is 0.142. The molecular formula is C20H24Cl2N2O. The Bertz CT molecular complexity index is 692. The number of carbonyl (C=O) groups excluding carboxylic acids is 1. The van der Waals surface area contributed by atoms with Crippen LogP contribution in [0.5, 0.6) is 0 Å². The summed E-state index contributed by atoms with van der Waals surface area (Å²) in [5.41, 5.74) is 2.43. The highest BCUT2D eigenvalue weighted by atomic mass is 35.5. The van der Waals surface area contributed by atoms with Crippen LogP contribution in [-0.2, 0) is 11.2 Å². The van der Waals surface area contributed by atoms with Gasteiger partial charge < -0.3 is 10.2 Å². The average Bonchev–Trinajstić information content (AvgIpc) is 2.59. The van der Waals surface area contributed by atoms with E-state index in [0.717, 1.165) is 37.2 Å². The molecule has 0 aromatic heterocycles. The molecular weight excluding hydrogens is 355 g/mol. The van der Waals surface area contributed by atoms with Gasteiger partial charge in [-0.2, -0.15) is 0 Å². The van der Waals surface area contributed by atoms with Crippen molar-refractivity contribution < 1.29 is 4.79 Å². The standard InChI is InChI=1S/C20H24Cl2N2O/c1-3-12-24(13-4-2)19(25)14-15-8-5-6-11-18(15)23-20-16(21)9-7-10-17(20)22/h5-11,23H,3-4,12-14H2,1-2H3. The number of para-hydroxylation sites is 2. The van der Waals surface area contributed by atoms with Gasteiger partial charge in [-0.3, -0.25) is 4.79 Å². The van der Waals surface area contributed by atoms with Gasteiger partial charge in [-0.1, -0.05) is 61.3 Å². The molecule has 0 aliphatic carbocycles. The zero-order valence-corrected chi connectivity index (χ0v) is 16.2. The summed E-state index contributed by atoms with van der Waals surface area (Å²) < 4.78 is 0. The van der Waals surface area contributed by atoms with Crippen LogP contribution in [0.1, 0.15) is 32.3 Å². The SMILES string of the molecule is CCCN(CCC)C(=O)Cc1ccccc1Nc1c(Cl)cccc1Cl. The summed E-state index contributed by atoms with van der Waals surface area (Å²) in [6.07, 6.45) is 2.27. The maximum atomic E-state index is 12.7. The lowest BCUT2D eigenvalue weighted by Gasteiger charge is -2.22. The molecule has 0 saturated heterocycles. The van der Waals surface area contributed by atoms with E-state index in [4.69, 9.17) is 23.2 Å². The first-order valence-electron chi connectivity index (χ1n) is 8.63. The van der Waals surface area contributed by atoms with Gasteiger partial charge in [0.15, 0.2) is 0 Å². The van der Waals surface area contributed by atoms with Crippen molar-refractivity contribution in [1.29, 1.82) is 0 Å². The fourth-order valence-electron chi connectivity index (χ4n) is 2.72. The molecule has 0 radical (unpaired) electrons. The minimum Gasteiger partial charge on any atom is -0.353 e. The molecule has 2 rings (SSSR count). The summed E-state index contributed by atoms with van der Waals surface area (Å²) >= 11 is 12.5. The largest absolute Gasteiger partial charge is 0.353 e. The van der Waals surface area contributed by atoms with Gasteiger partial charge in [0.25, 0.3) is 0 Å². The molecule has 0 aliphatic heterocycles. The molecule has 5 heteroatoms. The van der Waals surface area contributed by atoms with Gasteiger partial charge >= 0.3 is 0 Å². The fraction of sp³-hybridized carbons (Fsp3) is 0.350. The Hall–Kier alpha value is -1.71. The fourth-order valence-corrected chi connectivity index (χ4v) is 3.22. The van der Waals surface area contributed by atoms with Crippen molar-refractivity contribution in [3.8, 4) is 0 Å². The predicted octanol–water partition coefficient (Wildman–Crippen LogP) is 5.93. The van der Waals surface area contributed by atoms with Crippen LogP contribution in [0.25, 0.3) is 0 Å². The first-order valence-corrected chi connectivity index (χ1v) is 9.39. The number of rotatable bonds is 8. The maximum absolute atomic E-state index is 12.7. The molecule has 0 saturated carbocycles. The lowest BCUT2D eigenvalue weighted by molar-refractivity contribution is -0.130. The van der Waals surface area contributed by atoms with Crippen LogP contribution < -0.4 is 5.32 Å². The van der Waals surface area contributed by atoms with Crippen LogP contribution >= 0.6 is 23.2 Å². The van der Waals surface area contributed by atoms with E-state index >= 15 is 0 Å². The summed E-state index contributed by atoms with van der Waals surface area (Å²) in [4.78, 5) is 14.6. The number of nitrogens with zero attached hydrogens (tertiary/aromatic N) is 1. The van der Waals surface area contributed by atoms with Crippen LogP contribution in [0.4, 0.5) is 11.4 Å². The highest BCUT2D eigenvalue weighted by molar-refractivity contribution is 6.39. The monoisotopic (exact) mass is 378 g/mol. The van der Waals surface area contributed by atoms with Gasteiger partial charge in [-0.25, -0.2) is 0 Å². The van der Waals surface area contributed by atoms with Crippen LogP contribution in [-0.4, -0.2) is 23.9 Å². The van der Waals surface area contributed by atoms with Gasteiger partial charge in [-0.15, -0.1) is 0 Å². The number of amides is 1. The van der Waals surface area contributed by atoms with E-state index in [1.807, 2.05) is 29.2 Å². The van der Waals surface area contributed by atoms with Gasteiger partial charge in [0.05, 0.1) is 22.2 Å². The summed E-state index contributed by atoms with van der Waals surface area (Å²) in [6.45, 7) is 5.76. The lowest BCUT2D eigenvalue weighted by Crippen LogP contribution is -2.33. The number of benzene rings is 2. The number of hydrogen-bond donors (Lipinski definition) is 1. The first kappa shape index (κ1) is 19.6. The zero-order chi connectivity index (χ0) is 18.2. The zero-order valence-electron chi connectivity index (χ0n) is 14.7. The molecule has 1 N–H and O–H groups in total. The number of nitrogens with one attached hydrogen (secondary N) is 1. The molecule has 1 amide bonds. The third-order valence-electron chi connectivity index (χ3n) is 3.92. The Kier molecular flexibility index (Phi) is 7.60. The quantitative estimate of drug-likeness (QED) is 0.617. The highest BCUT2D eigenvalue weighted by Gasteiger charge is 2.15. The van der Waals surface area contributed by atoms with E-state index in [-0.39, 0.29) is 5.91 Å². The minimum atomic E-state index is 0.142. The normalized spacial score (nSPS) is 10.6. The number of carbonyl (C=O) groups is 1. The maximum Gasteiger partial charge on any atom is 0.227 e. The van der Waals surface area contributed by atoms with Crippen molar-refractivity contribution in [1.82, 2.24) is 4.90 Å². The third kappa shape index (κ3) is 5.38. The predicted molar refractivity (Wildman–Crippen MR) is 107 cm³/mol. The molecule has 0 bridgehead atoms. The molecule has 0 spiro atoms. The van der Waals surface area contributed by atoms with Crippen LogP contribution in [0, 0.1) is 0 Å². The van der Waals surface area contributed by atoms with Crippen LogP contribution in [0.3, 0.4) is 0 Å². The van der Waals surface area contributed by atoms with Crippen molar-refractivity contribution >= 4 is 40.5 Å². The molecule has 0 aliphatic rings. The topological polar surface area (TPSA) is 32.3 Å². The summed E-state index contributed by atoms with van der Waals surface area (Å²) in [5.74, 6) is 0.142. The van der Waals surface area contributed by atoms with Gasteiger partial charge in [0.2, 0.25) is 5.91 Å². The molecule has 0 atom stereocenters. The Labute approximate surface area is 159 Å². The van der Waals surface area contributed by atoms with Gasteiger partial charge in [0, 0.05) is 18.8 Å². The molecule has 25 heavy (non-hydrogen) atoms. The molecule has 134 valence electrons. The second-order valence-electron chi connectivity index (χ2n) is 5.94. The summed E-state index contributed by atoms with van der Waals surface area (Å²) in [7, 11) is 0. The second kappa shape index (κ2) is 9.69. The van der Waals surface area contributed by atoms with Crippen LogP contribution in [0.15, 0.2) is 42.5 Å². The van der Waals surface area contributed by atoms with Crippen molar-refractivity contribution in [2.24, 2.45) is 0 Å². The first-order chi connectivity index (χ1) is 12.1. The van der Waals surface area contributed by atoms with Crippen LogP contribution in [0.2, 0.25) is 10.0 Å². The number of hydrogen-bond acceptors (Lipinski definition) is 2. The van der Waals surface area contributed by atoms with E-state index in [9.17, 15) is 4.79 Å². The third-order valence-corrected chi connectivity index (χ3v) is 4.55. The Balaban J connectivity index is 2.22. The van der Waals surface area contributed by atoms with E-state index in [2.05, 4.69) is 19.2 Å². The molecule has 0 unspecified atom stereocenters. The van der Waals surface area contributed by atoms with Crippen molar-refractivity contribution in [3.63, 3.8) is 0 Å². The number of halogens is 2. The van der Waals surface area contributed by atoms with Crippen molar-refractivity contribution in [2.75, 3.05) is 18.4 Å². The number of anilines is 2. The Morgan fingerprint density at radius 1 is 0.960 bits per heavy atom. The Morgan fingerprint density at radius 3 is 2.16 bits per heavy atom. The lowest BCUT2D eigenvalue weighted by atomic mass is 10.1. The molecule has 2 aromatic rings. The Morgan fingerprint density at radius 2 is 1.56 bits per heavy atom. The van der Waals surface area contributed by atoms with Gasteiger partial charge in [0.1, 0.15) is 0 Å². The molecule has 2 aromatic carbocycles. The molecule has 3 nitrogen and oxygen atoms in total. The average molecular weight is 379 g/mol. The summed E-state index contributed by atoms with van der Waals surface area (Å²) in [6, 6.07) is 13.1. The van der Waals surface area contributed by atoms with E-state index in [1.165, 1.54) is 0 Å². The smallest absolute Gasteiger partial charge is 0.227 e. The van der Waals surface area contributed by atoms with Crippen molar-refractivity contribution in [3.05, 3.63) is 58.1 Å². The van der Waals surface area contributed by atoms with E-state index < -0.39 is 0 Å². The second-order valence-corrected chi connectivity index (χ2v) is 6.75. The molecule has 0 heterocycles. The van der Waals surface area contributed by atoms with E-state index in [1.54, 1.807) is 18.2 Å². The van der Waals surface area contributed by atoms with Gasteiger partial charge in [-0.05, 0) is 36.6 Å².